The quantitative estimate of drug-likeness (QED) is 0.650. The number of hydrogen-bond donors (Lipinski definition) is 0. The Kier molecular flexibility index (Phi) is 2.76. The topological polar surface area (TPSA) is 40.9 Å². The molecule has 0 radical (unpaired) electrons. The zero-order valence-electron chi connectivity index (χ0n) is 7.17. The van der Waals surface area contributed by atoms with Gasteiger partial charge >= 0.3 is 0 Å². The van der Waals surface area contributed by atoms with Gasteiger partial charge < -0.3 is 0 Å². The van der Waals surface area contributed by atoms with E-state index in [1.807, 2.05) is 0 Å². The van der Waals surface area contributed by atoms with Crippen LogP contribution in [-0.2, 0) is 0 Å². The van der Waals surface area contributed by atoms with Crippen molar-refractivity contribution in [2.75, 3.05) is 0 Å². The van der Waals surface area contributed by atoms with Crippen LogP contribution in [0.1, 0.15) is 22.3 Å². The van der Waals surface area contributed by atoms with Crippen molar-refractivity contribution in [1.82, 2.24) is 0 Å². The fraction of sp³-hybridized carbons (Fsp3) is 0.200. The maximum atomic E-state index is 13.1. The Morgan fingerprint density at radius 3 is 2.85 bits per heavy atom. The maximum Gasteiger partial charge on any atom is 0.180 e. The minimum absolute atomic E-state index is 0.0315. The van der Waals surface area contributed by atoms with Crippen LogP contribution in [0, 0.1) is 24.1 Å². The summed E-state index contributed by atoms with van der Waals surface area (Å²) >= 11 is 0. The lowest BCUT2D eigenvalue weighted by Gasteiger charge is -2.02. The van der Waals surface area contributed by atoms with Crippen LogP contribution in [0.4, 0.5) is 4.39 Å². The van der Waals surface area contributed by atoms with Crippen LogP contribution in [0.25, 0.3) is 0 Å². The van der Waals surface area contributed by atoms with Gasteiger partial charge in [0.25, 0.3) is 0 Å². The Bertz CT molecular complexity index is 359. The Hall–Kier alpha value is -1.69. The van der Waals surface area contributed by atoms with Crippen molar-refractivity contribution in [3.05, 3.63) is 35.1 Å². The van der Waals surface area contributed by atoms with Gasteiger partial charge in [0.2, 0.25) is 0 Å². The Balaban J connectivity index is 3.14. The molecule has 0 spiro atoms. The van der Waals surface area contributed by atoms with E-state index in [0.29, 0.717) is 5.56 Å². The number of hydrogen-bond acceptors (Lipinski definition) is 2. The molecule has 0 aliphatic carbocycles. The summed E-state index contributed by atoms with van der Waals surface area (Å²) in [6, 6.07) is 6.11. The summed E-state index contributed by atoms with van der Waals surface area (Å²) in [4.78, 5) is 11.2. The fourth-order valence-electron chi connectivity index (χ4n) is 1.15. The zero-order valence-corrected chi connectivity index (χ0v) is 7.17. The third kappa shape index (κ3) is 1.91. The average Bonchev–Trinajstić information content (AvgIpc) is 2.04. The molecule has 1 aromatic rings. The van der Waals surface area contributed by atoms with E-state index in [4.69, 9.17) is 5.26 Å². The van der Waals surface area contributed by atoms with E-state index >= 15 is 0 Å². The third-order valence-electron chi connectivity index (χ3n) is 1.74. The number of rotatable bonds is 2. The van der Waals surface area contributed by atoms with Gasteiger partial charge in [-0.3, -0.25) is 4.79 Å². The van der Waals surface area contributed by atoms with Crippen molar-refractivity contribution < 1.29 is 9.18 Å². The number of ketones is 1. The largest absolute Gasteiger partial charge is 0.293 e. The molecule has 0 bridgehead atoms. The van der Waals surface area contributed by atoms with Gasteiger partial charge in [-0.1, -0.05) is 12.1 Å². The van der Waals surface area contributed by atoms with Crippen LogP contribution in [0.2, 0.25) is 0 Å². The number of carbonyl (C=O) groups is 1. The molecular formula is C10H8FNO. The van der Waals surface area contributed by atoms with Gasteiger partial charge in [-0.2, -0.15) is 5.26 Å². The van der Waals surface area contributed by atoms with Crippen molar-refractivity contribution in [2.45, 2.75) is 13.3 Å². The summed E-state index contributed by atoms with van der Waals surface area (Å²) in [7, 11) is 0. The number of Topliss-reactive ketones (excluding diaryl/α,β-unsaturated/α-hetero) is 1. The summed E-state index contributed by atoms with van der Waals surface area (Å²) < 4.78 is 13.1. The molecule has 0 N–H and O–H groups in total. The Labute approximate surface area is 75.6 Å². The highest BCUT2D eigenvalue weighted by atomic mass is 19.1. The van der Waals surface area contributed by atoms with Crippen LogP contribution in [0.3, 0.4) is 0 Å². The molecule has 1 rings (SSSR count). The van der Waals surface area contributed by atoms with E-state index in [2.05, 4.69) is 0 Å². The second kappa shape index (κ2) is 3.81. The van der Waals surface area contributed by atoms with Gasteiger partial charge in [-0.15, -0.1) is 0 Å². The lowest BCUT2D eigenvalue weighted by molar-refractivity contribution is 0.0993. The van der Waals surface area contributed by atoms with Gasteiger partial charge in [0.1, 0.15) is 5.82 Å². The Morgan fingerprint density at radius 1 is 1.62 bits per heavy atom. The first-order valence-electron chi connectivity index (χ1n) is 3.82. The van der Waals surface area contributed by atoms with Gasteiger partial charge in [0.15, 0.2) is 5.78 Å². The first-order valence-corrected chi connectivity index (χ1v) is 3.82. The molecule has 3 heteroatoms. The third-order valence-corrected chi connectivity index (χ3v) is 1.74. The van der Waals surface area contributed by atoms with Crippen LogP contribution >= 0.6 is 0 Å². The normalized spacial score (nSPS) is 9.31. The molecule has 0 atom stereocenters. The number of carbonyl (C=O) groups excluding carboxylic acids is 1. The first kappa shape index (κ1) is 9.40. The fourth-order valence-corrected chi connectivity index (χ4v) is 1.15. The van der Waals surface area contributed by atoms with Gasteiger partial charge in [-0.25, -0.2) is 4.39 Å². The smallest absolute Gasteiger partial charge is 0.180 e. The molecular weight excluding hydrogens is 169 g/mol. The lowest BCUT2D eigenvalue weighted by atomic mass is 10.0. The monoisotopic (exact) mass is 177 g/mol. The van der Waals surface area contributed by atoms with Crippen molar-refractivity contribution in [3.8, 4) is 6.07 Å². The van der Waals surface area contributed by atoms with Crippen LogP contribution in [0.15, 0.2) is 18.2 Å². The van der Waals surface area contributed by atoms with E-state index in [1.54, 1.807) is 19.1 Å². The molecule has 0 heterocycles. The average molecular weight is 177 g/mol. The summed E-state index contributed by atoms with van der Waals surface area (Å²) in [5, 5.41) is 8.29. The van der Waals surface area contributed by atoms with E-state index in [-0.39, 0.29) is 12.0 Å². The lowest BCUT2D eigenvalue weighted by Crippen LogP contribution is -2.03. The van der Waals surface area contributed by atoms with Crippen molar-refractivity contribution in [1.29, 1.82) is 5.26 Å². The number of nitriles is 1. The molecule has 0 fully saturated rings. The van der Waals surface area contributed by atoms with Crippen LogP contribution < -0.4 is 0 Å². The second-order valence-electron chi connectivity index (χ2n) is 2.69. The first-order chi connectivity index (χ1) is 6.16. The SMILES string of the molecule is Cc1cccc(F)c1C(=O)CC#N. The molecule has 0 unspecified atom stereocenters. The highest BCUT2D eigenvalue weighted by Gasteiger charge is 2.13. The number of benzene rings is 1. The van der Waals surface area contributed by atoms with E-state index < -0.39 is 11.6 Å². The molecule has 0 saturated heterocycles. The van der Waals surface area contributed by atoms with Crippen molar-refractivity contribution in [3.63, 3.8) is 0 Å². The minimum atomic E-state index is -0.555. The van der Waals surface area contributed by atoms with Crippen LogP contribution in [0.5, 0.6) is 0 Å². The van der Waals surface area contributed by atoms with E-state index in [9.17, 15) is 9.18 Å². The number of nitrogens with zero attached hydrogens (tertiary/aromatic N) is 1. The second-order valence-corrected chi connectivity index (χ2v) is 2.69. The molecule has 66 valence electrons. The van der Waals surface area contributed by atoms with Gasteiger partial charge in [0.05, 0.1) is 18.1 Å². The predicted molar refractivity (Wildman–Crippen MR) is 45.7 cm³/mol. The maximum absolute atomic E-state index is 13.1. The molecule has 13 heavy (non-hydrogen) atoms. The molecule has 0 aromatic heterocycles. The highest BCUT2D eigenvalue weighted by molar-refractivity contribution is 5.98. The number of halogens is 1. The van der Waals surface area contributed by atoms with E-state index in [1.165, 1.54) is 12.1 Å². The van der Waals surface area contributed by atoms with Gasteiger partial charge in [0, 0.05) is 0 Å². The van der Waals surface area contributed by atoms with Gasteiger partial charge in [-0.05, 0) is 18.6 Å². The Morgan fingerprint density at radius 2 is 2.31 bits per heavy atom. The minimum Gasteiger partial charge on any atom is -0.293 e. The highest BCUT2D eigenvalue weighted by Crippen LogP contribution is 2.14. The predicted octanol–water partition coefficient (Wildman–Crippen LogP) is 2.23. The summed E-state index contributed by atoms with van der Waals surface area (Å²) in [6.45, 7) is 1.65. The molecule has 0 aliphatic heterocycles. The molecule has 0 amide bonds. The van der Waals surface area contributed by atoms with Crippen molar-refractivity contribution >= 4 is 5.78 Å². The zero-order chi connectivity index (χ0) is 9.84. The standard InChI is InChI=1S/C10H8FNO/c1-7-3-2-4-8(11)10(7)9(13)5-6-12/h2-4H,5H2,1H3. The molecule has 1 aromatic carbocycles. The van der Waals surface area contributed by atoms with E-state index in [0.717, 1.165) is 0 Å². The summed E-state index contributed by atoms with van der Waals surface area (Å²) in [5.74, 6) is -1.02. The molecule has 0 saturated carbocycles. The van der Waals surface area contributed by atoms with Crippen LogP contribution in [-0.4, -0.2) is 5.78 Å². The summed E-state index contributed by atoms with van der Waals surface area (Å²) in [5.41, 5.74) is 0.601. The summed E-state index contributed by atoms with van der Waals surface area (Å²) in [6.07, 6.45) is -0.276. The molecule has 2 nitrogen and oxygen atoms in total. The van der Waals surface area contributed by atoms with Crippen molar-refractivity contribution in [2.24, 2.45) is 0 Å². The molecule has 0 aliphatic rings. The number of aryl methyl sites for hydroxylation is 1.